The number of nitrogens with zero attached hydrogens (tertiary/aromatic N) is 3. The SMILES string of the molecule is CN(CCCN1Cc2cc3c(cc2C1=O)OCO3)CCc1cccn1C. The Kier molecular flexibility index (Phi) is 4.59. The van der Waals surface area contributed by atoms with Crippen molar-refractivity contribution in [2.45, 2.75) is 19.4 Å². The molecule has 0 aliphatic carbocycles. The van der Waals surface area contributed by atoms with Gasteiger partial charge in [0.1, 0.15) is 0 Å². The van der Waals surface area contributed by atoms with E-state index in [2.05, 4.69) is 41.9 Å². The summed E-state index contributed by atoms with van der Waals surface area (Å²) < 4.78 is 13.0. The van der Waals surface area contributed by atoms with Crippen LogP contribution >= 0.6 is 0 Å². The third kappa shape index (κ3) is 3.29. The third-order valence-electron chi connectivity index (χ3n) is 5.25. The number of hydrogen-bond donors (Lipinski definition) is 0. The number of rotatable bonds is 7. The Morgan fingerprint density at radius 1 is 1.19 bits per heavy atom. The predicted octanol–water partition coefficient (Wildman–Crippen LogP) is 2.27. The molecule has 0 radical (unpaired) electrons. The molecule has 2 aromatic rings. The van der Waals surface area contributed by atoms with Crippen LogP contribution in [0.25, 0.3) is 0 Å². The van der Waals surface area contributed by atoms with Crippen LogP contribution in [0.4, 0.5) is 0 Å². The van der Waals surface area contributed by atoms with Crippen molar-refractivity contribution in [3.05, 3.63) is 47.3 Å². The lowest BCUT2D eigenvalue weighted by Gasteiger charge is -2.20. The van der Waals surface area contributed by atoms with E-state index in [0.717, 1.165) is 49.4 Å². The monoisotopic (exact) mass is 355 g/mol. The molecule has 0 bridgehead atoms. The minimum absolute atomic E-state index is 0.102. The van der Waals surface area contributed by atoms with Gasteiger partial charge < -0.3 is 23.8 Å². The molecule has 2 aliphatic rings. The fraction of sp³-hybridized carbons (Fsp3) is 0.450. The van der Waals surface area contributed by atoms with E-state index in [1.807, 2.05) is 17.0 Å². The van der Waals surface area contributed by atoms with E-state index in [1.165, 1.54) is 5.69 Å². The topological polar surface area (TPSA) is 46.9 Å². The lowest BCUT2D eigenvalue weighted by Crippen LogP contribution is -2.29. The average molecular weight is 355 g/mol. The Labute approximate surface area is 153 Å². The molecule has 1 amide bonds. The van der Waals surface area contributed by atoms with Crippen LogP contribution in [0.3, 0.4) is 0 Å². The number of carbonyl (C=O) groups is 1. The van der Waals surface area contributed by atoms with Gasteiger partial charge in [-0.15, -0.1) is 0 Å². The van der Waals surface area contributed by atoms with Gasteiger partial charge in [0.2, 0.25) is 6.79 Å². The molecule has 3 heterocycles. The van der Waals surface area contributed by atoms with Gasteiger partial charge in [0, 0.05) is 50.6 Å². The highest BCUT2D eigenvalue weighted by atomic mass is 16.7. The average Bonchev–Trinajstić information content (AvgIpc) is 3.32. The summed E-state index contributed by atoms with van der Waals surface area (Å²) in [5.41, 5.74) is 3.14. The van der Waals surface area contributed by atoms with Gasteiger partial charge in [0.25, 0.3) is 5.91 Å². The zero-order valence-electron chi connectivity index (χ0n) is 15.4. The molecule has 26 heavy (non-hydrogen) atoms. The number of benzene rings is 1. The highest BCUT2D eigenvalue weighted by Crippen LogP contribution is 2.37. The normalized spacial score (nSPS) is 15.2. The Hall–Kier alpha value is -2.47. The summed E-state index contributed by atoms with van der Waals surface area (Å²) in [5.74, 6) is 1.53. The lowest BCUT2D eigenvalue weighted by atomic mass is 10.1. The van der Waals surface area contributed by atoms with Crippen LogP contribution in [-0.4, -0.2) is 53.7 Å². The predicted molar refractivity (Wildman–Crippen MR) is 98.5 cm³/mol. The maximum atomic E-state index is 12.6. The lowest BCUT2D eigenvalue weighted by molar-refractivity contribution is 0.0771. The van der Waals surface area contributed by atoms with E-state index in [-0.39, 0.29) is 12.7 Å². The van der Waals surface area contributed by atoms with Gasteiger partial charge in [-0.05, 0) is 49.8 Å². The molecular weight excluding hydrogens is 330 g/mol. The summed E-state index contributed by atoms with van der Waals surface area (Å²) >= 11 is 0. The van der Waals surface area contributed by atoms with Crippen LogP contribution in [-0.2, 0) is 20.0 Å². The standard InChI is InChI=1S/C20H25N3O3/c1-21(10-6-16-5-3-8-22(16)2)7-4-9-23-13-15-11-18-19(26-14-25-18)12-17(15)20(23)24/h3,5,8,11-12H,4,6-7,9-10,13-14H2,1-2H3. The highest BCUT2D eigenvalue weighted by molar-refractivity contribution is 5.99. The summed E-state index contributed by atoms with van der Waals surface area (Å²) in [4.78, 5) is 16.9. The molecule has 2 aliphatic heterocycles. The van der Waals surface area contributed by atoms with Gasteiger partial charge in [-0.2, -0.15) is 0 Å². The van der Waals surface area contributed by atoms with Crippen molar-refractivity contribution in [1.29, 1.82) is 0 Å². The smallest absolute Gasteiger partial charge is 0.254 e. The minimum Gasteiger partial charge on any atom is -0.454 e. The van der Waals surface area contributed by atoms with E-state index in [9.17, 15) is 4.79 Å². The van der Waals surface area contributed by atoms with Crippen LogP contribution in [0.15, 0.2) is 30.5 Å². The zero-order valence-corrected chi connectivity index (χ0v) is 15.4. The Bertz CT molecular complexity index is 815. The van der Waals surface area contributed by atoms with Crippen molar-refractivity contribution < 1.29 is 14.3 Å². The molecule has 0 saturated heterocycles. The van der Waals surface area contributed by atoms with E-state index < -0.39 is 0 Å². The number of fused-ring (bicyclic) bond motifs is 2. The largest absolute Gasteiger partial charge is 0.454 e. The maximum Gasteiger partial charge on any atom is 0.254 e. The van der Waals surface area contributed by atoms with Crippen molar-refractivity contribution >= 4 is 5.91 Å². The molecule has 6 heteroatoms. The molecular formula is C20H25N3O3. The first-order chi connectivity index (χ1) is 12.6. The molecule has 0 saturated carbocycles. The van der Waals surface area contributed by atoms with Crippen molar-refractivity contribution in [1.82, 2.24) is 14.4 Å². The third-order valence-corrected chi connectivity index (χ3v) is 5.25. The summed E-state index contributed by atoms with van der Waals surface area (Å²) in [5, 5.41) is 0. The number of hydrogen-bond acceptors (Lipinski definition) is 4. The molecule has 0 spiro atoms. The molecule has 0 fully saturated rings. The number of ether oxygens (including phenoxy) is 2. The number of amides is 1. The van der Waals surface area contributed by atoms with Crippen LogP contribution < -0.4 is 9.47 Å². The zero-order chi connectivity index (χ0) is 18.1. The molecule has 1 aromatic heterocycles. The first-order valence-corrected chi connectivity index (χ1v) is 9.12. The fourth-order valence-electron chi connectivity index (χ4n) is 3.65. The second-order valence-electron chi connectivity index (χ2n) is 7.11. The van der Waals surface area contributed by atoms with Crippen molar-refractivity contribution in [2.24, 2.45) is 7.05 Å². The fourth-order valence-corrected chi connectivity index (χ4v) is 3.65. The molecule has 4 rings (SSSR count). The Morgan fingerprint density at radius 2 is 2.00 bits per heavy atom. The number of aryl methyl sites for hydroxylation is 1. The van der Waals surface area contributed by atoms with Gasteiger partial charge in [-0.1, -0.05) is 0 Å². The molecule has 0 N–H and O–H groups in total. The van der Waals surface area contributed by atoms with Gasteiger partial charge in [-0.25, -0.2) is 0 Å². The van der Waals surface area contributed by atoms with Crippen LogP contribution in [0.5, 0.6) is 11.5 Å². The maximum absolute atomic E-state index is 12.6. The second kappa shape index (κ2) is 7.03. The first kappa shape index (κ1) is 17.0. The number of carbonyl (C=O) groups excluding carboxylic acids is 1. The number of aromatic nitrogens is 1. The Morgan fingerprint density at radius 3 is 2.77 bits per heavy atom. The van der Waals surface area contributed by atoms with E-state index in [4.69, 9.17) is 9.47 Å². The second-order valence-corrected chi connectivity index (χ2v) is 7.11. The van der Waals surface area contributed by atoms with Crippen molar-refractivity contribution in [2.75, 3.05) is 33.5 Å². The van der Waals surface area contributed by atoms with Gasteiger partial charge in [-0.3, -0.25) is 4.79 Å². The minimum atomic E-state index is 0.102. The van der Waals surface area contributed by atoms with Crippen LogP contribution in [0.1, 0.15) is 28.0 Å². The van der Waals surface area contributed by atoms with E-state index in [0.29, 0.717) is 12.3 Å². The van der Waals surface area contributed by atoms with E-state index >= 15 is 0 Å². The highest BCUT2D eigenvalue weighted by Gasteiger charge is 2.30. The first-order valence-electron chi connectivity index (χ1n) is 9.12. The summed E-state index contributed by atoms with van der Waals surface area (Å²) in [6, 6.07) is 8.02. The van der Waals surface area contributed by atoms with Gasteiger partial charge >= 0.3 is 0 Å². The molecule has 138 valence electrons. The number of likely N-dealkylation sites (N-methyl/N-ethyl adjacent to an activating group) is 1. The van der Waals surface area contributed by atoms with Crippen LogP contribution in [0, 0.1) is 0 Å². The quantitative estimate of drug-likeness (QED) is 0.764. The summed E-state index contributed by atoms with van der Waals surface area (Å²) in [6.07, 6.45) is 4.09. The molecule has 1 aromatic carbocycles. The molecule has 0 unspecified atom stereocenters. The van der Waals surface area contributed by atoms with Crippen molar-refractivity contribution in [3.8, 4) is 11.5 Å². The summed E-state index contributed by atoms with van der Waals surface area (Å²) in [6.45, 7) is 3.68. The van der Waals surface area contributed by atoms with Crippen molar-refractivity contribution in [3.63, 3.8) is 0 Å². The summed E-state index contributed by atoms with van der Waals surface area (Å²) in [7, 11) is 4.22. The van der Waals surface area contributed by atoms with Gasteiger partial charge in [0.05, 0.1) is 0 Å². The molecule has 6 nitrogen and oxygen atoms in total. The Balaban J connectivity index is 1.25. The molecule has 0 atom stereocenters. The van der Waals surface area contributed by atoms with Crippen LogP contribution in [0.2, 0.25) is 0 Å². The van der Waals surface area contributed by atoms with E-state index in [1.54, 1.807) is 0 Å². The van der Waals surface area contributed by atoms with Gasteiger partial charge in [0.15, 0.2) is 11.5 Å².